The molecule has 1 aromatic rings. The van der Waals surface area contributed by atoms with Crippen LogP contribution in [0.5, 0.6) is 0 Å². The molecule has 90 valence electrons. The third-order valence-corrected chi connectivity index (χ3v) is 2.38. The number of nitrogens with zero attached hydrogens (tertiary/aromatic N) is 1. The van der Waals surface area contributed by atoms with Crippen LogP contribution in [0.2, 0.25) is 0 Å². The smallest absolute Gasteiger partial charge is 0.236 e. The molecule has 0 aliphatic rings. The Morgan fingerprint density at radius 2 is 2.31 bits per heavy atom. The summed E-state index contributed by atoms with van der Waals surface area (Å²) in [6.45, 7) is 2.15. The molecule has 5 heteroatoms. The van der Waals surface area contributed by atoms with Gasteiger partial charge in [0.1, 0.15) is 5.76 Å². The summed E-state index contributed by atoms with van der Waals surface area (Å²) in [5.41, 5.74) is 5.47. The minimum atomic E-state index is -0.487. The molecular formula is C11H19N3O2. The van der Waals surface area contributed by atoms with Crippen molar-refractivity contribution in [2.24, 2.45) is 5.73 Å². The molecule has 1 rings (SSSR count). The molecule has 0 saturated heterocycles. The molecule has 0 radical (unpaired) electrons. The minimum absolute atomic E-state index is 0.0256. The Hall–Kier alpha value is -1.33. The number of carbonyl (C=O) groups excluding carboxylic acids is 1. The van der Waals surface area contributed by atoms with E-state index in [0.29, 0.717) is 6.54 Å². The number of hydrogen-bond donors (Lipinski definition) is 2. The van der Waals surface area contributed by atoms with Crippen LogP contribution in [0.1, 0.15) is 18.7 Å². The average Bonchev–Trinajstić information content (AvgIpc) is 2.70. The summed E-state index contributed by atoms with van der Waals surface area (Å²) >= 11 is 0. The highest BCUT2D eigenvalue weighted by Gasteiger charge is 2.18. The molecule has 0 fully saturated rings. The first kappa shape index (κ1) is 12.7. The highest BCUT2D eigenvalue weighted by Crippen LogP contribution is 2.17. The maximum absolute atomic E-state index is 11.4. The maximum Gasteiger partial charge on any atom is 0.236 e. The van der Waals surface area contributed by atoms with Gasteiger partial charge in [-0.1, -0.05) is 0 Å². The van der Waals surface area contributed by atoms with E-state index in [4.69, 9.17) is 10.2 Å². The lowest BCUT2D eigenvalue weighted by atomic mass is 10.2. The van der Waals surface area contributed by atoms with Gasteiger partial charge in [-0.15, -0.1) is 0 Å². The second kappa shape index (κ2) is 5.67. The lowest BCUT2D eigenvalue weighted by Gasteiger charge is -2.23. The first-order valence-corrected chi connectivity index (χ1v) is 5.25. The topological polar surface area (TPSA) is 71.5 Å². The number of likely N-dealkylation sites (N-methyl/N-ethyl adjacent to an activating group) is 1. The van der Waals surface area contributed by atoms with Gasteiger partial charge in [0.2, 0.25) is 5.91 Å². The van der Waals surface area contributed by atoms with Crippen LogP contribution in [-0.2, 0) is 4.79 Å². The Labute approximate surface area is 95.6 Å². The Kier molecular flexibility index (Phi) is 4.52. The zero-order chi connectivity index (χ0) is 12.1. The molecule has 0 saturated carbocycles. The van der Waals surface area contributed by atoms with Gasteiger partial charge in [0.15, 0.2) is 0 Å². The van der Waals surface area contributed by atoms with Crippen molar-refractivity contribution < 1.29 is 9.21 Å². The molecular weight excluding hydrogens is 206 g/mol. The molecule has 1 amide bonds. The molecule has 1 unspecified atom stereocenters. The van der Waals surface area contributed by atoms with E-state index in [1.54, 1.807) is 13.2 Å². The van der Waals surface area contributed by atoms with Crippen molar-refractivity contribution in [3.05, 3.63) is 24.2 Å². The Bertz CT molecular complexity index is 320. The van der Waals surface area contributed by atoms with Gasteiger partial charge in [0, 0.05) is 6.54 Å². The molecule has 0 aromatic carbocycles. The Balaban J connectivity index is 2.57. The molecule has 3 N–H and O–H groups in total. The zero-order valence-corrected chi connectivity index (χ0v) is 9.93. The molecule has 0 aliphatic carbocycles. The molecule has 0 spiro atoms. The van der Waals surface area contributed by atoms with E-state index in [9.17, 15) is 4.79 Å². The molecule has 2 atom stereocenters. The molecule has 16 heavy (non-hydrogen) atoms. The van der Waals surface area contributed by atoms with Crippen LogP contribution in [0.3, 0.4) is 0 Å². The SMILES string of the molecule is C[C@@H](N)C(=O)NCC(c1ccco1)N(C)C. The van der Waals surface area contributed by atoms with Crippen LogP contribution in [0, 0.1) is 0 Å². The standard InChI is InChI=1S/C11H19N3O2/c1-8(12)11(15)13-7-9(14(2)3)10-5-4-6-16-10/h4-6,8-9H,7,12H2,1-3H3,(H,13,15)/t8-,9?/m1/s1. The van der Waals surface area contributed by atoms with E-state index in [-0.39, 0.29) is 11.9 Å². The Morgan fingerprint density at radius 3 is 2.75 bits per heavy atom. The quantitative estimate of drug-likeness (QED) is 0.758. The van der Waals surface area contributed by atoms with Crippen molar-refractivity contribution in [2.75, 3.05) is 20.6 Å². The fourth-order valence-corrected chi connectivity index (χ4v) is 1.38. The van der Waals surface area contributed by atoms with Gasteiger partial charge in [-0.05, 0) is 33.2 Å². The predicted molar refractivity (Wildman–Crippen MR) is 61.8 cm³/mol. The number of nitrogens with two attached hydrogens (primary N) is 1. The third-order valence-electron chi connectivity index (χ3n) is 2.38. The lowest BCUT2D eigenvalue weighted by Crippen LogP contribution is -2.42. The first-order valence-electron chi connectivity index (χ1n) is 5.25. The van der Waals surface area contributed by atoms with E-state index in [1.807, 2.05) is 31.1 Å². The van der Waals surface area contributed by atoms with Crippen molar-refractivity contribution >= 4 is 5.91 Å². The van der Waals surface area contributed by atoms with E-state index >= 15 is 0 Å². The van der Waals surface area contributed by atoms with E-state index in [1.165, 1.54) is 0 Å². The summed E-state index contributed by atoms with van der Waals surface area (Å²) in [5.74, 6) is 0.674. The zero-order valence-electron chi connectivity index (χ0n) is 9.93. The fourth-order valence-electron chi connectivity index (χ4n) is 1.38. The summed E-state index contributed by atoms with van der Waals surface area (Å²) < 4.78 is 5.33. The van der Waals surface area contributed by atoms with Gasteiger partial charge >= 0.3 is 0 Å². The van der Waals surface area contributed by atoms with Crippen molar-refractivity contribution in [1.29, 1.82) is 0 Å². The summed E-state index contributed by atoms with van der Waals surface area (Å²) in [6.07, 6.45) is 1.62. The molecule has 1 heterocycles. The van der Waals surface area contributed by atoms with Crippen LogP contribution in [0.15, 0.2) is 22.8 Å². The summed E-state index contributed by atoms with van der Waals surface area (Å²) in [5, 5.41) is 2.79. The number of rotatable bonds is 5. The summed E-state index contributed by atoms with van der Waals surface area (Å²) in [7, 11) is 3.87. The predicted octanol–water partition coefficient (Wildman–Crippen LogP) is 0.346. The average molecular weight is 225 g/mol. The lowest BCUT2D eigenvalue weighted by molar-refractivity contribution is -0.122. The van der Waals surface area contributed by atoms with Crippen LogP contribution in [0.4, 0.5) is 0 Å². The van der Waals surface area contributed by atoms with E-state index < -0.39 is 6.04 Å². The van der Waals surface area contributed by atoms with E-state index in [2.05, 4.69) is 5.32 Å². The van der Waals surface area contributed by atoms with Gasteiger partial charge < -0.3 is 15.5 Å². The number of nitrogens with one attached hydrogen (secondary N) is 1. The van der Waals surface area contributed by atoms with Gasteiger partial charge in [0.25, 0.3) is 0 Å². The highest BCUT2D eigenvalue weighted by molar-refractivity contribution is 5.80. The van der Waals surface area contributed by atoms with Gasteiger partial charge in [-0.3, -0.25) is 9.69 Å². The van der Waals surface area contributed by atoms with E-state index in [0.717, 1.165) is 5.76 Å². The monoisotopic (exact) mass is 225 g/mol. The van der Waals surface area contributed by atoms with Crippen LogP contribution < -0.4 is 11.1 Å². The maximum atomic E-state index is 11.4. The molecule has 1 aromatic heterocycles. The summed E-state index contributed by atoms with van der Waals surface area (Å²) in [6, 6.07) is 3.26. The second-order valence-corrected chi connectivity index (χ2v) is 4.03. The van der Waals surface area contributed by atoms with Crippen molar-refractivity contribution in [3.8, 4) is 0 Å². The minimum Gasteiger partial charge on any atom is -0.468 e. The number of carbonyl (C=O) groups is 1. The van der Waals surface area contributed by atoms with Crippen LogP contribution in [-0.4, -0.2) is 37.5 Å². The van der Waals surface area contributed by atoms with Crippen molar-refractivity contribution in [3.63, 3.8) is 0 Å². The fraction of sp³-hybridized carbons (Fsp3) is 0.545. The molecule has 0 bridgehead atoms. The second-order valence-electron chi connectivity index (χ2n) is 4.03. The van der Waals surface area contributed by atoms with Gasteiger partial charge in [0.05, 0.1) is 18.3 Å². The number of furan rings is 1. The highest BCUT2D eigenvalue weighted by atomic mass is 16.3. The van der Waals surface area contributed by atoms with Crippen LogP contribution >= 0.6 is 0 Å². The van der Waals surface area contributed by atoms with Crippen molar-refractivity contribution in [1.82, 2.24) is 10.2 Å². The molecule has 5 nitrogen and oxygen atoms in total. The van der Waals surface area contributed by atoms with Crippen molar-refractivity contribution in [2.45, 2.75) is 19.0 Å². The first-order chi connectivity index (χ1) is 7.52. The van der Waals surface area contributed by atoms with Gasteiger partial charge in [-0.25, -0.2) is 0 Å². The largest absolute Gasteiger partial charge is 0.468 e. The third kappa shape index (κ3) is 3.36. The normalized spacial score (nSPS) is 14.8. The molecule has 0 aliphatic heterocycles. The van der Waals surface area contributed by atoms with Gasteiger partial charge in [-0.2, -0.15) is 0 Å². The summed E-state index contributed by atoms with van der Waals surface area (Å²) in [4.78, 5) is 13.3. The number of amides is 1. The van der Waals surface area contributed by atoms with Crippen LogP contribution in [0.25, 0.3) is 0 Å². The Morgan fingerprint density at radius 1 is 1.62 bits per heavy atom. The number of hydrogen-bond acceptors (Lipinski definition) is 4.